The van der Waals surface area contributed by atoms with E-state index in [0.29, 0.717) is 25.3 Å². The van der Waals surface area contributed by atoms with E-state index in [2.05, 4.69) is 17.4 Å². The Balaban J connectivity index is 1.79. The van der Waals surface area contributed by atoms with Gasteiger partial charge in [0.2, 0.25) is 5.91 Å². The highest BCUT2D eigenvalue weighted by Gasteiger charge is 2.18. The monoisotopic (exact) mass is 289 g/mol. The summed E-state index contributed by atoms with van der Waals surface area (Å²) in [5, 5.41) is 12.3. The largest absolute Gasteiger partial charge is 0.396 e. The zero-order valence-electron chi connectivity index (χ0n) is 12.8. The van der Waals surface area contributed by atoms with Crippen molar-refractivity contribution in [3.8, 4) is 0 Å². The summed E-state index contributed by atoms with van der Waals surface area (Å²) in [7, 11) is 0. The van der Waals surface area contributed by atoms with E-state index in [1.54, 1.807) is 0 Å². The SMILES string of the molecule is O=C(CC1CCCCC1)NCC(CCO)c1ccccc1. The zero-order chi connectivity index (χ0) is 14.9. The van der Waals surface area contributed by atoms with Crippen molar-refractivity contribution in [2.24, 2.45) is 5.92 Å². The van der Waals surface area contributed by atoms with Gasteiger partial charge in [-0.1, -0.05) is 49.6 Å². The van der Waals surface area contributed by atoms with Gasteiger partial charge in [-0.05, 0) is 30.7 Å². The minimum atomic E-state index is 0.151. The lowest BCUT2D eigenvalue weighted by atomic mass is 9.87. The number of aliphatic hydroxyl groups excluding tert-OH is 1. The predicted molar refractivity (Wildman–Crippen MR) is 85.1 cm³/mol. The van der Waals surface area contributed by atoms with Crippen molar-refractivity contribution >= 4 is 5.91 Å². The summed E-state index contributed by atoms with van der Waals surface area (Å²) in [5.74, 6) is 0.944. The highest BCUT2D eigenvalue weighted by molar-refractivity contribution is 5.76. The Bertz CT molecular complexity index is 412. The normalized spacial score (nSPS) is 17.4. The van der Waals surface area contributed by atoms with Crippen molar-refractivity contribution in [2.75, 3.05) is 13.2 Å². The van der Waals surface area contributed by atoms with Crippen LogP contribution in [0.2, 0.25) is 0 Å². The van der Waals surface area contributed by atoms with E-state index in [4.69, 9.17) is 0 Å². The van der Waals surface area contributed by atoms with Crippen molar-refractivity contribution in [3.63, 3.8) is 0 Å². The molecular weight excluding hydrogens is 262 g/mol. The maximum atomic E-state index is 12.1. The Morgan fingerprint density at radius 3 is 2.57 bits per heavy atom. The van der Waals surface area contributed by atoms with Gasteiger partial charge < -0.3 is 10.4 Å². The molecule has 1 atom stereocenters. The third-order valence-electron chi connectivity index (χ3n) is 4.49. The summed E-state index contributed by atoms with van der Waals surface area (Å²) in [6.07, 6.45) is 7.63. The Kier molecular flexibility index (Phi) is 6.74. The fourth-order valence-corrected chi connectivity index (χ4v) is 3.23. The smallest absolute Gasteiger partial charge is 0.220 e. The summed E-state index contributed by atoms with van der Waals surface area (Å²) < 4.78 is 0. The molecule has 0 heterocycles. The van der Waals surface area contributed by atoms with Crippen LogP contribution in [0.15, 0.2) is 30.3 Å². The van der Waals surface area contributed by atoms with Gasteiger partial charge in [0.05, 0.1) is 0 Å². The zero-order valence-corrected chi connectivity index (χ0v) is 12.8. The molecule has 1 aromatic carbocycles. The van der Waals surface area contributed by atoms with Crippen LogP contribution in [0.3, 0.4) is 0 Å². The molecule has 0 spiro atoms. The second-order valence-corrected chi connectivity index (χ2v) is 6.13. The summed E-state index contributed by atoms with van der Waals surface area (Å²) in [6.45, 7) is 0.772. The summed E-state index contributed by atoms with van der Waals surface area (Å²) >= 11 is 0. The predicted octanol–water partition coefficient (Wildman–Crippen LogP) is 3.24. The van der Waals surface area contributed by atoms with Gasteiger partial charge in [-0.3, -0.25) is 4.79 Å². The topological polar surface area (TPSA) is 49.3 Å². The first-order valence-corrected chi connectivity index (χ1v) is 8.22. The number of rotatable bonds is 7. The number of carbonyl (C=O) groups excluding carboxylic acids is 1. The molecule has 1 aliphatic carbocycles. The molecule has 0 aromatic heterocycles. The minimum absolute atomic E-state index is 0.151. The molecule has 1 unspecified atom stereocenters. The molecule has 1 aliphatic rings. The van der Waals surface area contributed by atoms with E-state index in [-0.39, 0.29) is 18.4 Å². The van der Waals surface area contributed by atoms with E-state index < -0.39 is 0 Å². The first-order chi connectivity index (χ1) is 10.3. The van der Waals surface area contributed by atoms with Gasteiger partial charge in [-0.15, -0.1) is 0 Å². The lowest BCUT2D eigenvalue weighted by molar-refractivity contribution is -0.122. The van der Waals surface area contributed by atoms with Crippen LogP contribution in [0.4, 0.5) is 0 Å². The van der Waals surface area contributed by atoms with Gasteiger partial charge >= 0.3 is 0 Å². The Morgan fingerprint density at radius 1 is 1.19 bits per heavy atom. The molecule has 1 fully saturated rings. The second-order valence-electron chi connectivity index (χ2n) is 6.13. The molecule has 1 aromatic rings. The summed E-state index contributed by atoms with van der Waals surface area (Å²) in [5.41, 5.74) is 1.18. The molecule has 3 nitrogen and oxygen atoms in total. The average Bonchev–Trinajstić information content (AvgIpc) is 2.53. The molecule has 0 bridgehead atoms. The Labute approximate surface area is 127 Å². The van der Waals surface area contributed by atoms with E-state index in [1.165, 1.54) is 37.7 Å². The fourth-order valence-electron chi connectivity index (χ4n) is 3.23. The fraction of sp³-hybridized carbons (Fsp3) is 0.611. The molecule has 0 aliphatic heterocycles. The maximum Gasteiger partial charge on any atom is 0.220 e. The van der Waals surface area contributed by atoms with Crippen LogP contribution < -0.4 is 5.32 Å². The van der Waals surface area contributed by atoms with Crippen molar-refractivity contribution in [1.82, 2.24) is 5.32 Å². The molecule has 116 valence electrons. The maximum absolute atomic E-state index is 12.1. The van der Waals surface area contributed by atoms with Crippen LogP contribution >= 0.6 is 0 Å². The lowest BCUT2D eigenvalue weighted by Crippen LogP contribution is -2.30. The third kappa shape index (κ3) is 5.50. The van der Waals surface area contributed by atoms with Gasteiger partial charge in [-0.2, -0.15) is 0 Å². The standard InChI is InChI=1S/C18H27NO2/c20-12-11-17(16-9-5-2-6-10-16)14-19-18(21)13-15-7-3-1-4-8-15/h2,5-6,9-10,15,17,20H,1,3-4,7-8,11-14H2,(H,19,21). The number of hydrogen-bond acceptors (Lipinski definition) is 2. The lowest BCUT2D eigenvalue weighted by Gasteiger charge is -2.22. The molecule has 21 heavy (non-hydrogen) atoms. The highest BCUT2D eigenvalue weighted by Crippen LogP contribution is 2.26. The number of amides is 1. The quantitative estimate of drug-likeness (QED) is 0.809. The van der Waals surface area contributed by atoms with Crippen molar-refractivity contribution in [2.45, 2.75) is 50.9 Å². The molecule has 1 amide bonds. The molecule has 1 saturated carbocycles. The number of aliphatic hydroxyl groups is 1. The van der Waals surface area contributed by atoms with Gasteiger partial charge in [0.1, 0.15) is 0 Å². The van der Waals surface area contributed by atoms with E-state index in [1.807, 2.05) is 18.2 Å². The van der Waals surface area contributed by atoms with Gasteiger partial charge in [-0.25, -0.2) is 0 Å². The summed E-state index contributed by atoms with van der Waals surface area (Å²) in [4.78, 5) is 12.1. The van der Waals surface area contributed by atoms with Gasteiger partial charge in [0.15, 0.2) is 0 Å². The first-order valence-electron chi connectivity index (χ1n) is 8.22. The van der Waals surface area contributed by atoms with Crippen molar-refractivity contribution < 1.29 is 9.90 Å². The van der Waals surface area contributed by atoms with Crippen LogP contribution in [0.25, 0.3) is 0 Å². The second kappa shape index (κ2) is 8.83. The van der Waals surface area contributed by atoms with E-state index in [9.17, 15) is 9.90 Å². The molecule has 2 rings (SSSR count). The van der Waals surface area contributed by atoms with Crippen molar-refractivity contribution in [3.05, 3.63) is 35.9 Å². The number of carbonyl (C=O) groups is 1. The molecular formula is C18H27NO2. The van der Waals surface area contributed by atoms with Gasteiger partial charge in [0.25, 0.3) is 0 Å². The number of hydrogen-bond donors (Lipinski definition) is 2. The Hall–Kier alpha value is -1.35. The highest BCUT2D eigenvalue weighted by atomic mass is 16.3. The number of nitrogens with one attached hydrogen (secondary N) is 1. The minimum Gasteiger partial charge on any atom is -0.396 e. The summed E-state index contributed by atoms with van der Waals surface area (Å²) in [6, 6.07) is 10.1. The van der Waals surface area contributed by atoms with E-state index >= 15 is 0 Å². The van der Waals surface area contributed by atoms with Crippen LogP contribution in [0.5, 0.6) is 0 Å². The molecule has 0 saturated heterocycles. The Morgan fingerprint density at radius 2 is 1.90 bits per heavy atom. The molecule has 3 heteroatoms. The number of benzene rings is 1. The van der Waals surface area contributed by atoms with E-state index in [0.717, 1.165) is 0 Å². The first kappa shape index (κ1) is 16.0. The van der Waals surface area contributed by atoms with Crippen LogP contribution in [-0.4, -0.2) is 24.2 Å². The average molecular weight is 289 g/mol. The van der Waals surface area contributed by atoms with Crippen LogP contribution in [0, 0.1) is 5.92 Å². The van der Waals surface area contributed by atoms with Crippen LogP contribution in [-0.2, 0) is 4.79 Å². The third-order valence-corrected chi connectivity index (χ3v) is 4.49. The van der Waals surface area contributed by atoms with Gasteiger partial charge in [0, 0.05) is 25.5 Å². The molecule has 0 radical (unpaired) electrons. The van der Waals surface area contributed by atoms with Crippen molar-refractivity contribution in [1.29, 1.82) is 0 Å². The molecule has 2 N–H and O–H groups in total. The van der Waals surface area contributed by atoms with Crippen LogP contribution in [0.1, 0.15) is 56.4 Å².